The average Bonchev–Trinajstić information content (AvgIpc) is 3.23. The summed E-state index contributed by atoms with van der Waals surface area (Å²) in [5.74, 6) is 0. The van der Waals surface area contributed by atoms with Crippen molar-refractivity contribution < 1.29 is 0 Å². The lowest BCUT2D eigenvalue weighted by atomic mass is 10.0. The van der Waals surface area contributed by atoms with Crippen LogP contribution in [0.2, 0.25) is 0 Å². The van der Waals surface area contributed by atoms with E-state index in [1.807, 2.05) is 0 Å². The Morgan fingerprint density at radius 2 is 2.06 bits per heavy atom. The van der Waals surface area contributed by atoms with Crippen LogP contribution in [0.4, 0.5) is 5.69 Å². The van der Waals surface area contributed by atoms with E-state index >= 15 is 0 Å². The summed E-state index contributed by atoms with van der Waals surface area (Å²) in [6, 6.07) is 9.78. The maximum absolute atomic E-state index is 3.59. The number of nitrogens with zero attached hydrogens (tertiary/aromatic N) is 1. The molecular weight excluding hydrogens is 220 g/mol. The van der Waals surface area contributed by atoms with Gasteiger partial charge in [0.05, 0.1) is 0 Å². The monoisotopic (exact) mass is 244 g/mol. The second-order valence-corrected chi connectivity index (χ2v) is 5.65. The molecule has 2 nitrogen and oxygen atoms in total. The molecule has 1 aromatic carbocycles. The molecule has 2 aliphatic rings. The van der Waals surface area contributed by atoms with E-state index in [9.17, 15) is 0 Å². The third-order valence-corrected chi connectivity index (χ3v) is 4.07. The molecule has 0 spiro atoms. The normalized spacial score (nSPS) is 18.8. The Morgan fingerprint density at radius 3 is 2.94 bits per heavy atom. The van der Waals surface area contributed by atoms with Gasteiger partial charge in [0.15, 0.2) is 0 Å². The van der Waals surface area contributed by atoms with E-state index in [0.717, 1.165) is 6.04 Å². The minimum atomic E-state index is 0.862. The van der Waals surface area contributed by atoms with Crippen molar-refractivity contribution in [2.75, 3.05) is 24.5 Å². The molecule has 1 aromatic rings. The van der Waals surface area contributed by atoms with Crippen molar-refractivity contribution in [2.45, 2.75) is 44.6 Å². The number of anilines is 1. The number of benzene rings is 1. The number of para-hydroxylation sites is 1. The largest absolute Gasteiger partial charge is 0.371 e. The summed E-state index contributed by atoms with van der Waals surface area (Å²) in [5.41, 5.74) is 3.03. The van der Waals surface area contributed by atoms with E-state index in [1.165, 1.54) is 63.8 Å². The minimum Gasteiger partial charge on any atom is -0.371 e. The van der Waals surface area contributed by atoms with Gasteiger partial charge in [-0.1, -0.05) is 18.2 Å². The molecule has 1 aliphatic carbocycles. The van der Waals surface area contributed by atoms with E-state index in [-0.39, 0.29) is 0 Å². The van der Waals surface area contributed by atoms with Crippen LogP contribution in [0, 0.1) is 0 Å². The Hall–Kier alpha value is -1.02. The van der Waals surface area contributed by atoms with Gasteiger partial charge in [-0.15, -0.1) is 0 Å². The van der Waals surface area contributed by atoms with Crippen LogP contribution in [0.5, 0.6) is 0 Å². The first-order chi connectivity index (χ1) is 8.93. The third-order valence-electron chi connectivity index (χ3n) is 4.07. The number of aryl methyl sites for hydroxylation is 1. The quantitative estimate of drug-likeness (QED) is 0.774. The lowest BCUT2D eigenvalue weighted by Gasteiger charge is -2.31. The highest BCUT2D eigenvalue weighted by molar-refractivity contribution is 5.55. The van der Waals surface area contributed by atoms with E-state index in [1.54, 1.807) is 5.56 Å². The smallest absolute Gasteiger partial charge is 0.0398 e. The first-order valence-corrected chi connectivity index (χ1v) is 7.50. The number of fused-ring (bicyclic) bond motifs is 1. The van der Waals surface area contributed by atoms with Gasteiger partial charge in [0.1, 0.15) is 0 Å². The topological polar surface area (TPSA) is 15.3 Å². The third kappa shape index (κ3) is 3.05. The van der Waals surface area contributed by atoms with E-state index in [0.29, 0.717) is 0 Å². The standard InChI is InChI=1S/C16H24N2/c1-2-8-16-14(6-1)7-5-13-18(16)12-4-3-11-17-15-9-10-15/h1-2,6,8,15,17H,3-5,7,9-13H2. The molecule has 0 radical (unpaired) electrons. The molecule has 1 saturated carbocycles. The fourth-order valence-electron chi connectivity index (χ4n) is 2.87. The van der Waals surface area contributed by atoms with Crippen molar-refractivity contribution in [3.8, 4) is 0 Å². The zero-order valence-electron chi connectivity index (χ0n) is 11.2. The van der Waals surface area contributed by atoms with Crippen LogP contribution in [-0.2, 0) is 6.42 Å². The maximum Gasteiger partial charge on any atom is 0.0398 e. The van der Waals surface area contributed by atoms with Gasteiger partial charge in [-0.25, -0.2) is 0 Å². The van der Waals surface area contributed by atoms with Crippen LogP contribution in [0.3, 0.4) is 0 Å². The van der Waals surface area contributed by atoms with Gasteiger partial charge in [0, 0.05) is 24.8 Å². The number of rotatable bonds is 6. The molecule has 3 rings (SSSR count). The number of unbranched alkanes of at least 4 members (excludes halogenated alkanes) is 1. The molecule has 0 amide bonds. The molecule has 0 atom stereocenters. The molecule has 1 N–H and O–H groups in total. The molecular formula is C16H24N2. The van der Waals surface area contributed by atoms with Gasteiger partial charge in [0.2, 0.25) is 0 Å². The molecule has 1 aliphatic heterocycles. The molecule has 2 heteroatoms. The van der Waals surface area contributed by atoms with Crippen LogP contribution >= 0.6 is 0 Å². The highest BCUT2D eigenvalue weighted by atomic mass is 15.1. The first-order valence-electron chi connectivity index (χ1n) is 7.50. The predicted molar refractivity (Wildman–Crippen MR) is 77.2 cm³/mol. The van der Waals surface area contributed by atoms with Gasteiger partial charge in [-0.2, -0.15) is 0 Å². The summed E-state index contributed by atoms with van der Waals surface area (Å²) in [5, 5.41) is 3.59. The molecule has 18 heavy (non-hydrogen) atoms. The first kappa shape index (κ1) is 12.0. The fraction of sp³-hybridized carbons (Fsp3) is 0.625. The minimum absolute atomic E-state index is 0.862. The lowest BCUT2D eigenvalue weighted by Crippen LogP contribution is -2.30. The molecule has 0 unspecified atom stereocenters. The zero-order valence-corrected chi connectivity index (χ0v) is 11.2. The van der Waals surface area contributed by atoms with Gasteiger partial charge in [-0.3, -0.25) is 0 Å². The highest BCUT2D eigenvalue weighted by Gasteiger charge is 2.19. The summed E-state index contributed by atoms with van der Waals surface area (Å²) in [6.07, 6.45) is 8.01. The maximum atomic E-state index is 3.59. The van der Waals surface area contributed by atoms with Gasteiger partial charge < -0.3 is 10.2 Å². The van der Waals surface area contributed by atoms with Crippen molar-refractivity contribution in [1.29, 1.82) is 0 Å². The lowest BCUT2D eigenvalue weighted by molar-refractivity contribution is 0.597. The molecule has 0 aromatic heterocycles. The second-order valence-electron chi connectivity index (χ2n) is 5.65. The fourth-order valence-corrected chi connectivity index (χ4v) is 2.87. The van der Waals surface area contributed by atoms with Crippen LogP contribution in [-0.4, -0.2) is 25.7 Å². The Balaban J connectivity index is 1.44. The van der Waals surface area contributed by atoms with Gasteiger partial charge >= 0.3 is 0 Å². The Morgan fingerprint density at radius 1 is 1.17 bits per heavy atom. The summed E-state index contributed by atoms with van der Waals surface area (Å²) in [6.45, 7) is 3.68. The Labute approximate surface area is 110 Å². The summed E-state index contributed by atoms with van der Waals surface area (Å²) in [4.78, 5) is 2.58. The van der Waals surface area contributed by atoms with Crippen molar-refractivity contribution in [2.24, 2.45) is 0 Å². The summed E-state index contributed by atoms with van der Waals surface area (Å²) >= 11 is 0. The second kappa shape index (κ2) is 5.75. The average molecular weight is 244 g/mol. The molecule has 0 saturated heterocycles. The van der Waals surface area contributed by atoms with Crippen LogP contribution < -0.4 is 10.2 Å². The van der Waals surface area contributed by atoms with Crippen LogP contribution in [0.1, 0.15) is 37.7 Å². The van der Waals surface area contributed by atoms with Crippen molar-refractivity contribution in [1.82, 2.24) is 5.32 Å². The summed E-state index contributed by atoms with van der Waals surface area (Å²) in [7, 11) is 0. The molecule has 0 bridgehead atoms. The molecule has 98 valence electrons. The van der Waals surface area contributed by atoms with E-state index in [2.05, 4.69) is 34.5 Å². The molecule has 1 fully saturated rings. The Bertz CT molecular complexity index is 384. The van der Waals surface area contributed by atoms with E-state index in [4.69, 9.17) is 0 Å². The van der Waals surface area contributed by atoms with Gasteiger partial charge in [0.25, 0.3) is 0 Å². The summed E-state index contributed by atoms with van der Waals surface area (Å²) < 4.78 is 0. The predicted octanol–water partition coefficient (Wildman–Crippen LogP) is 2.97. The number of nitrogens with one attached hydrogen (secondary N) is 1. The molecule has 1 heterocycles. The SMILES string of the molecule is c1ccc2c(c1)CCCN2CCCCNC1CC1. The highest BCUT2D eigenvalue weighted by Crippen LogP contribution is 2.26. The van der Waals surface area contributed by atoms with Crippen molar-refractivity contribution in [3.05, 3.63) is 29.8 Å². The van der Waals surface area contributed by atoms with E-state index < -0.39 is 0 Å². The van der Waals surface area contributed by atoms with Crippen LogP contribution in [0.15, 0.2) is 24.3 Å². The number of hydrogen-bond donors (Lipinski definition) is 1. The number of hydrogen-bond acceptors (Lipinski definition) is 2. The van der Waals surface area contributed by atoms with Gasteiger partial charge in [-0.05, 0) is 56.7 Å². The van der Waals surface area contributed by atoms with Crippen LogP contribution in [0.25, 0.3) is 0 Å². The zero-order chi connectivity index (χ0) is 12.2. The Kier molecular flexibility index (Phi) is 3.84. The van der Waals surface area contributed by atoms with Crippen molar-refractivity contribution in [3.63, 3.8) is 0 Å². The van der Waals surface area contributed by atoms with Crippen molar-refractivity contribution >= 4 is 5.69 Å².